The van der Waals surface area contributed by atoms with Crippen molar-refractivity contribution in [2.24, 2.45) is 0 Å². The van der Waals surface area contributed by atoms with Crippen LogP contribution in [0.4, 0.5) is 0 Å². The molecule has 1 atom stereocenters. The Labute approximate surface area is 138 Å². The molecule has 4 nitrogen and oxygen atoms in total. The van der Waals surface area contributed by atoms with Crippen molar-refractivity contribution in [3.63, 3.8) is 0 Å². The monoisotopic (exact) mass is 313 g/mol. The quantitative estimate of drug-likeness (QED) is 0.919. The van der Waals surface area contributed by atoms with Crippen LogP contribution in [0.15, 0.2) is 36.7 Å². The number of hydrogen-bond donors (Lipinski definition) is 1. The minimum atomic E-state index is 0.0248. The van der Waals surface area contributed by atoms with E-state index in [2.05, 4.69) is 17.1 Å². The molecule has 1 N–H and O–H groups in total. The lowest BCUT2D eigenvalue weighted by atomic mass is 10.2. The van der Waals surface area contributed by atoms with Crippen molar-refractivity contribution >= 4 is 11.4 Å². The van der Waals surface area contributed by atoms with Gasteiger partial charge in [-0.3, -0.25) is 4.79 Å². The maximum atomic E-state index is 12.3. The molecule has 1 saturated heterocycles. The average molecular weight is 313 g/mol. The van der Waals surface area contributed by atoms with Gasteiger partial charge in [-0.15, -0.1) is 0 Å². The van der Waals surface area contributed by atoms with Gasteiger partial charge in [-0.1, -0.05) is 18.9 Å². The summed E-state index contributed by atoms with van der Waals surface area (Å²) in [6.45, 7) is 5.44. The molecule has 23 heavy (non-hydrogen) atoms. The van der Waals surface area contributed by atoms with E-state index in [0.717, 1.165) is 24.0 Å². The predicted molar refractivity (Wildman–Crippen MR) is 93.9 cm³/mol. The van der Waals surface area contributed by atoms with Gasteiger partial charge in [-0.05, 0) is 57.5 Å². The summed E-state index contributed by atoms with van der Waals surface area (Å²) in [4.78, 5) is 14.9. The first-order valence-electron chi connectivity index (χ1n) is 8.83. The van der Waals surface area contributed by atoms with Crippen LogP contribution in [0.3, 0.4) is 0 Å². The number of aromatic nitrogens is 1. The highest BCUT2D eigenvalue weighted by Crippen LogP contribution is 2.14. The second-order valence-electron chi connectivity index (χ2n) is 6.61. The standard InChI is InChI=1S/C19H27N3O/c1-16(21-11-5-2-3-6-12-21)9-10-20-19(23)17-14-18-8-4-7-13-22(18)15-17/h4,7-8,13-16H,2-3,5-6,9-12H2,1H3,(H,20,23). The SMILES string of the molecule is CC(CCNC(=O)c1cc2ccccn2c1)N1CCCCCC1. The van der Waals surface area contributed by atoms with Gasteiger partial charge in [0.2, 0.25) is 0 Å². The molecule has 1 unspecified atom stereocenters. The van der Waals surface area contributed by atoms with Crippen LogP contribution in [0, 0.1) is 0 Å². The maximum Gasteiger partial charge on any atom is 0.252 e. The lowest BCUT2D eigenvalue weighted by Crippen LogP contribution is -2.37. The summed E-state index contributed by atoms with van der Waals surface area (Å²) in [6.07, 6.45) is 10.2. The van der Waals surface area contributed by atoms with E-state index in [0.29, 0.717) is 6.04 Å². The first-order valence-corrected chi connectivity index (χ1v) is 8.83. The lowest BCUT2D eigenvalue weighted by molar-refractivity contribution is 0.0948. The molecule has 0 aliphatic carbocycles. The highest BCUT2D eigenvalue weighted by molar-refractivity contribution is 5.95. The number of pyridine rings is 1. The second-order valence-corrected chi connectivity index (χ2v) is 6.61. The molecule has 3 heterocycles. The summed E-state index contributed by atoms with van der Waals surface area (Å²) in [5, 5.41) is 3.07. The maximum absolute atomic E-state index is 12.3. The van der Waals surface area contributed by atoms with Crippen molar-refractivity contribution in [2.45, 2.75) is 45.1 Å². The molecule has 0 aromatic carbocycles. The zero-order valence-electron chi connectivity index (χ0n) is 14.0. The van der Waals surface area contributed by atoms with E-state index >= 15 is 0 Å². The van der Waals surface area contributed by atoms with Crippen LogP contribution in [0.25, 0.3) is 5.52 Å². The Morgan fingerprint density at radius 2 is 2.00 bits per heavy atom. The van der Waals surface area contributed by atoms with E-state index in [-0.39, 0.29) is 5.91 Å². The third kappa shape index (κ3) is 4.14. The van der Waals surface area contributed by atoms with E-state index in [1.54, 1.807) is 0 Å². The average Bonchev–Trinajstić information content (AvgIpc) is 2.81. The molecule has 0 bridgehead atoms. The number of carbonyl (C=O) groups is 1. The number of nitrogens with zero attached hydrogens (tertiary/aromatic N) is 2. The number of nitrogens with one attached hydrogen (secondary N) is 1. The molecule has 0 radical (unpaired) electrons. The summed E-state index contributed by atoms with van der Waals surface area (Å²) in [5.41, 5.74) is 1.79. The normalized spacial score (nSPS) is 17.8. The van der Waals surface area contributed by atoms with Gasteiger partial charge in [0.05, 0.1) is 5.56 Å². The summed E-state index contributed by atoms with van der Waals surface area (Å²) in [5.74, 6) is 0.0248. The van der Waals surface area contributed by atoms with Crippen molar-refractivity contribution in [2.75, 3.05) is 19.6 Å². The molecule has 0 saturated carbocycles. The summed E-state index contributed by atoms with van der Waals surface area (Å²) >= 11 is 0. The molecule has 2 aromatic rings. The Morgan fingerprint density at radius 3 is 2.74 bits per heavy atom. The van der Waals surface area contributed by atoms with Crippen molar-refractivity contribution in [1.82, 2.24) is 14.6 Å². The number of carbonyl (C=O) groups excluding carboxylic acids is 1. The Hall–Kier alpha value is -1.81. The van der Waals surface area contributed by atoms with Crippen LogP contribution in [0.2, 0.25) is 0 Å². The largest absolute Gasteiger partial charge is 0.352 e. The number of hydrogen-bond acceptors (Lipinski definition) is 2. The molecule has 1 aliphatic heterocycles. The molecular weight excluding hydrogens is 286 g/mol. The fraction of sp³-hybridized carbons (Fsp3) is 0.526. The first kappa shape index (κ1) is 16.1. The molecule has 1 amide bonds. The molecule has 4 heteroatoms. The lowest BCUT2D eigenvalue weighted by Gasteiger charge is -2.27. The van der Waals surface area contributed by atoms with Gasteiger partial charge in [0, 0.05) is 30.5 Å². The molecule has 1 fully saturated rings. The van der Waals surface area contributed by atoms with Gasteiger partial charge in [0.25, 0.3) is 5.91 Å². The Balaban J connectivity index is 1.48. The van der Waals surface area contributed by atoms with Crippen LogP contribution >= 0.6 is 0 Å². The summed E-state index contributed by atoms with van der Waals surface area (Å²) in [7, 11) is 0. The predicted octanol–water partition coefficient (Wildman–Crippen LogP) is 3.32. The van der Waals surface area contributed by atoms with E-state index in [4.69, 9.17) is 0 Å². The fourth-order valence-corrected chi connectivity index (χ4v) is 3.39. The van der Waals surface area contributed by atoms with Crippen molar-refractivity contribution in [3.8, 4) is 0 Å². The van der Waals surface area contributed by atoms with E-state index in [9.17, 15) is 4.79 Å². The highest BCUT2D eigenvalue weighted by Gasteiger charge is 2.16. The van der Waals surface area contributed by atoms with Crippen LogP contribution in [-0.4, -0.2) is 40.9 Å². The molecule has 2 aromatic heterocycles. The molecule has 0 spiro atoms. The molecule has 3 rings (SSSR count). The summed E-state index contributed by atoms with van der Waals surface area (Å²) in [6, 6.07) is 8.45. The van der Waals surface area contributed by atoms with E-state index < -0.39 is 0 Å². The van der Waals surface area contributed by atoms with Crippen LogP contribution in [-0.2, 0) is 0 Å². The second kappa shape index (κ2) is 7.64. The van der Waals surface area contributed by atoms with Crippen molar-refractivity contribution in [1.29, 1.82) is 0 Å². The molecule has 124 valence electrons. The van der Waals surface area contributed by atoms with Gasteiger partial charge < -0.3 is 14.6 Å². The first-order chi connectivity index (χ1) is 11.2. The smallest absolute Gasteiger partial charge is 0.252 e. The van der Waals surface area contributed by atoms with Gasteiger partial charge in [-0.25, -0.2) is 0 Å². The zero-order chi connectivity index (χ0) is 16.1. The van der Waals surface area contributed by atoms with E-state index in [1.807, 2.05) is 41.1 Å². The van der Waals surface area contributed by atoms with Gasteiger partial charge in [-0.2, -0.15) is 0 Å². The van der Waals surface area contributed by atoms with E-state index in [1.165, 1.54) is 38.8 Å². The zero-order valence-corrected chi connectivity index (χ0v) is 14.0. The fourth-order valence-electron chi connectivity index (χ4n) is 3.39. The van der Waals surface area contributed by atoms with Crippen LogP contribution in [0.1, 0.15) is 49.4 Å². The van der Waals surface area contributed by atoms with Crippen LogP contribution in [0.5, 0.6) is 0 Å². The van der Waals surface area contributed by atoms with Crippen LogP contribution < -0.4 is 5.32 Å². The third-order valence-corrected chi connectivity index (χ3v) is 4.88. The number of amides is 1. The number of rotatable bonds is 5. The third-order valence-electron chi connectivity index (χ3n) is 4.88. The number of likely N-dealkylation sites (tertiary alicyclic amines) is 1. The van der Waals surface area contributed by atoms with Crippen molar-refractivity contribution in [3.05, 3.63) is 42.2 Å². The van der Waals surface area contributed by atoms with Gasteiger partial charge in [0.15, 0.2) is 0 Å². The highest BCUT2D eigenvalue weighted by atomic mass is 16.1. The molecule has 1 aliphatic rings. The minimum Gasteiger partial charge on any atom is -0.352 e. The van der Waals surface area contributed by atoms with Gasteiger partial charge >= 0.3 is 0 Å². The minimum absolute atomic E-state index is 0.0248. The Kier molecular flexibility index (Phi) is 5.34. The molecular formula is C19H27N3O. The Bertz CT molecular complexity index is 608. The number of fused-ring (bicyclic) bond motifs is 1. The van der Waals surface area contributed by atoms with Gasteiger partial charge in [0.1, 0.15) is 0 Å². The summed E-state index contributed by atoms with van der Waals surface area (Å²) < 4.78 is 1.98. The van der Waals surface area contributed by atoms with Crippen molar-refractivity contribution < 1.29 is 4.79 Å². The Morgan fingerprint density at radius 1 is 1.22 bits per heavy atom. The topological polar surface area (TPSA) is 36.8 Å².